The number of fused-ring (bicyclic) bond motifs is 1. The van der Waals surface area contributed by atoms with Gasteiger partial charge in [0.1, 0.15) is 11.5 Å². The van der Waals surface area contributed by atoms with Gasteiger partial charge in [0.25, 0.3) is 0 Å². The van der Waals surface area contributed by atoms with E-state index in [1.165, 1.54) is 11.1 Å². The molecule has 2 aromatic rings. The van der Waals surface area contributed by atoms with Gasteiger partial charge in [-0.25, -0.2) is 0 Å². The molecule has 0 atom stereocenters. The molecular weight excluding hydrogens is 232 g/mol. The molecule has 1 heteroatoms. The highest BCUT2D eigenvalue weighted by Gasteiger charge is 2.30. The summed E-state index contributed by atoms with van der Waals surface area (Å²) in [4.78, 5) is 0. The second-order valence-corrected chi connectivity index (χ2v) is 5.65. The quantitative estimate of drug-likeness (QED) is 0.712. The molecule has 0 bridgehead atoms. The Morgan fingerprint density at radius 3 is 2.37 bits per heavy atom. The Kier molecular flexibility index (Phi) is 2.70. The van der Waals surface area contributed by atoms with Crippen LogP contribution in [0.4, 0.5) is 0 Å². The Hall–Kier alpha value is -2.02. The van der Waals surface area contributed by atoms with Crippen LogP contribution in [0.25, 0.3) is 5.76 Å². The fourth-order valence-electron chi connectivity index (χ4n) is 2.84. The van der Waals surface area contributed by atoms with Crippen LogP contribution in [0.15, 0.2) is 54.6 Å². The highest BCUT2D eigenvalue weighted by molar-refractivity contribution is 5.68. The van der Waals surface area contributed by atoms with Crippen molar-refractivity contribution in [2.24, 2.45) is 0 Å². The van der Waals surface area contributed by atoms with Gasteiger partial charge in [0.05, 0.1) is 0 Å². The lowest BCUT2D eigenvalue weighted by molar-refractivity contribution is 0.459. The minimum atomic E-state index is -0.00982. The summed E-state index contributed by atoms with van der Waals surface area (Å²) >= 11 is 0. The first-order valence-corrected chi connectivity index (χ1v) is 6.64. The third-order valence-electron chi connectivity index (χ3n) is 3.65. The Morgan fingerprint density at radius 2 is 1.63 bits per heavy atom. The summed E-state index contributed by atoms with van der Waals surface area (Å²) in [7, 11) is 0. The molecule has 3 rings (SSSR count). The second kappa shape index (κ2) is 4.27. The molecule has 0 aromatic heterocycles. The monoisotopic (exact) mass is 250 g/mol. The summed E-state index contributed by atoms with van der Waals surface area (Å²) in [6.45, 7) is 6.62. The Labute approximate surface area is 114 Å². The molecule has 0 spiro atoms. The summed E-state index contributed by atoms with van der Waals surface area (Å²) in [5.74, 6) is 1.93. The molecule has 0 radical (unpaired) electrons. The van der Waals surface area contributed by atoms with Crippen molar-refractivity contribution in [3.8, 4) is 5.75 Å². The molecule has 1 heterocycles. The first-order chi connectivity index (χ1) is 9.08. The fraction of sp³-hybridized carbons (Fsp3) is 0.222. The number of ether oxygens (including phenoxy) is 1. The van der Waals surface area contributed by atoms with Crippen LogP contribution in [-0.4, -0.2) is 0 Å². The minimum absolute atomic E-state index is 0.00982. The van der Waals surface area contributed by atoms with Crippen molar-refractivity contribution >= 4 is 5.76 Å². The second-order valence-electron chi connectivity index (χ2n) is 5.65. The summed E-state index contributed by atoms with van der Waals surface area (Å²) in [6.07, 6.45) is 2.22. The van der Waals surface area contributed by atoms with Crippen LogP contribution >= 0.6 is 0 Å². The van der Waals surface area contributed by atoms with Crippen LogP contribution in [0, 0.1) is 6.92 Å². The van der Waals surface area contributed by atoms with Crippen LogP contribution in [-0.2, 0) is 5.41 Å². The molecular formula is C18H18O. The third kappa shape index (κ3) is 2.06. The maximum atomic E-state index is 6.10. The van der Waals surface area contributed by atoms with Crippen LogP contribution in [0.2, 0.25) is 0 Å². The highest BCUT2D eigenvalue weighted by Crippen LogP contribution is 2.42. The van der Waals surface area contributed by atoms with E-state index in [1.807, 2.05) is 18.2 Å². The minimum Gasteiger partial charge on any atom is -0.457 e. The maximum absolute atomic E-state index is 6.10. The average molecular weight is 250 g/mol. The molecule has 19 heavy (non-hydrogen) atoms. The SMILES string of the molecule is Cc1cccc2c1C(C)(C)C=C(c1ccccc1)O2. The molecule has 1 aliphatic heterocycles. The van der Waals surface area contributed by atoms with Crippen LogP contribution in [0.1, 0.15) is 30.5 Å². The van der Waals surface area contributed by atoms with Crippen molar-refractivity contribution in [1.29, 1.82) is 0 Å². The smallest absolute Gasteiger partial charge is 0.131 e. The summed E-state index contributed by atoms with van der Waals surface area (Å²) in [5.41, 5.74) is 3.69. The van der Waals surface area contributed by atoms with E-state index in [4.69, 9.17) is 4.74 Å². The zero-order valence-electron chi connectivity index (χ0n) is 11.6. The van der Waals surface area contributed by atoms with Crippen molar-refractivity contribution in [2.75, 3.05) is 0 Å². The number of rotatable bonds is 1. The first-order valence-electron chi connectivity index (χ1n) is 6.64. The van der Waals surface area contributed by atoms with Gasteiger partial charge in [0.15, 0.2) is 0 Å². The number of allylic oxidation sites excluding steroid dienone is 1. The molecule has 0 N–H and O–H groups in total. The molecule has 0 aliphatic carbocycles. The molecule has 0 saturated carbocycles. The first kappa shape index (κ1) is 12.0. The zero-order chi connectivity index (χ0) is 13.5. The summed E-state index contributed by atoms with van der Waals surface area (Å²) in [6, 6.07) is 16.5. The molecule has 0 fully saturated rings. The lowest BCUT2D eigenvalue weighted by Gasteiger charge is -2.32. The van der Waals surface area contributed by atoms with E-state index in [0.717, 1.165) is 17.1 Å². The van der Waals surface area contributed by atoms with Gasteiger partial charge in [0.2, 0.25) is 0 Å². The van der Waals surface area contributed by atoms with Gasteiger partial charge in [0, 0.05) is 16.5 Å². The lowest BCUT2D eigenvalue weighted by Crippen LogP contribution is -2.22. The summed E-state index contributed by atoms with van der Waals surface area (Å²) in [5, 5.41) is 0. The van der Waals surface area contributed by atoms with Gasteiger partial charge in [-0.05, 0) is 24.6 Å². The highest BCUT2D eigenvalue weighted by atomic mass is 16.5. The number of hydrogen-bond donors (Lipinski definition) is 0. The van der Waals surface area contributed by atoms with Gasteiger partial charge in [-0.1, -0.05) is 56.3 Å². The van der Waals surface area contributed by atoms with E-state index in [2.05, 4.69) is 57.2 Å². The van der Waals surface area contributed by atoms with Gasteiger partial charge in [-0.3, -0.25) is 0 Å². The zero-order valence-corrected chi connectivity index (χ0v) is 11.6. The predicted molar refractivity (Wildman–Crippen MR) is 79.3 cm³/mol. The molecule has 0 unspecified atom stereocenters. The normalized spacial score (nSPS) is 16.3. The van der Waals surface area contributed by atoms with Crippen LogP contribution < -0.4 is 4.74 Å². The van der Waals surface area contributed by atoms with E-state index in [0.29, 0.717) is 0 Å². The molecule has 2 aromatic carbocycles. The van der Waals surface area contributed by atoms with Gasteiger partial charge < -0.3 is 4.74 Å². The van der Waals surface area contributed by atoms with Crippen molar-refractivity contribution in [1.82, 2.24) is 0 Å². The fourth-order valence-corrected chi connectivity index (χ4v) is 2.84. The number of hydrogen-bond acceptors (Lipinski definition) is 1. The molecule has 1 aliphatic rings. The largest absolute Gasteiger partial charge is 0.457 e. The lowest BCUT2D eigenvalue weighted by atomic mass is 9.79. The van der Waals surface area contributed by atoms with Crippen LogP contribution in [0.3, 0.4) is 0 Å². The molecule has 0 saturated heterocycles. The molecule has 0 amide bonds. The maximum Gasteiger partial charge on any atom is 0.131 e. The van der Waals surface area contributed by atoms with Gasteiger partial charge >= 0.3 is 0 Å². The number of aryl methyl sites for hydroxylation is 1. The van der Waals surface area contributed by atoms with E-state index in [1.54, 1.807) is 0 Å². The van der Waals surface area contributed by atoms with E-state index < -0.39 is 0 Å². The standard InChI is InChI=1S/C18H18O/c1-13-8-7-11-15-17(13)18(2,3)12-16(19-15)14-9-5-4-6-10-14/h4-12H,1-3H3. The van der Waals surface area contributed by atoms with E-state index in [9.17, 15) is 0 Å². The molecule has 96 valence electrons. The van der Waals surface area contributed by atoms with Crippen molar-refractivity contribution in [3.05, 3.63) is 71.3 Å². The summed E-state index contributed by atoms with van der Waals surface area (Å²) < 4.78 is 6.10. The Morgan fingerprint density at radius 1 is 0.895 bits per heavy atom. The van der Waals surface area contributed by atoms with Crippen LogP contribution in [0.5, 0.6) is 5.75 Å². The predicted octanol–water partition coefficient (Wildman–Crippen LogP) is 4.71. The Balaban J connectivity index is 2.13. The third-order valence-corrected chi connectivity index (χ3v) is 3.65. The van der Waals surface area contributed by atoms with Gasteiger partial charge in [-0.15, -0.1) is 0 Å². The van der Waals surface area contributed by atoms with E-state index in [-0.39, 0.29) is 5.41 Å². The van der Waals surface area contributed by atoms with Crippen molar-refractivity contribution in [3.63, 3.8) is 0 Å². The van der Waals surface area contributed by atoms with E-state index >= 15 is 0 Å². The van der Waals surface area contributed by atoms with Crippen molar-refractivity contribution < 1.29 is 4.74 Å². The average Bonchev–Trinajstić information content (AvgIpc) is 2.38. The van der Waals surface area contributed by atoms with Gasteiger partial charge in [-0.2, -0.15) is 0 Å². The number of benzene rings is 2. The Bertz CT molecular complexity index is 636. The van der Waals surface area contributed by atoms with Crippen molar-refractivity contribution in [2.45, 2.75) is 26.2 Å². The molecule has 1 nitrogen and oxygen atoms in total. The topological polar surface area (TPSA) is 9.23 Å².